The van der Waals surface area contributed by atoms with E-state index in [9.17, 15) is 0 Å². The average molecular weight is 191 g/mol. The molecular formula is C9H9N3S. The highest BCUT2D eigenvalue weighted by molar-refractivity contribution is 7.80. The number of hydrogen-bond acceptors (Lipinski definition) is 3. The predicted molar refractivity (Wildman–Crippen MR) is 53.3 cm³/mol. The van der Waals surface area contributed by atoms with Gasteiger partial charge in [-0.15, -0.1) is 22.8 Å². The van der Waals surface area contributed by atoms with Crippen molar-refractivity contribution < 1.29 is 0 Å². The Bertz CT molecular complexity index is 405. The zero-order valence-corrected chi connectivity index (χ0v) is 8.07. The average Bonchev–Trinajstić information content (AvgIpc) is 2.53. The van der Waals surface area contributed by atoms with Crippen molar-refractivity contribution in [2.24, 2.45) is 0 Å². The minimum Gasteiger partial charge on any atom is -0.277 e. The lowest BCUT2D eigenvalue weighted by Gasteiger charge is -2.02. The van der Waals surface area contributed by atoms with Crippen molar-refractivity contribution >= 4 is 12.6 Å². The van der Waals surface area contributed by atoms with Crippen LogP contribution in [0.25, 0.3) is 5.69 Å². The Balaban J connectivity index is 2.47. The number of aryl methyl sites for hydroxylation is 1. The van der Waals surface area contributed by atoms with E-state index >= 15 is 0 Å². The lowest BCUT2D eigenvalue weighted by molar-refractivity contribution is 0.890. The van der Waals surface area contributed by atoms with Gasteiger partial charge in [-0.05, 0) is 19.1 Å². The van der Waals surface area contributed by atoms with Crippen molar-refractivity contribution in [3.05, 3.63) is 36.2 Å². The number of benzene rings is 1. The molecule has 0 amide bonds. The van der Waals surface area contributed by atoms with Crippen LogP contribution in [0.4, 0.5) is 0 Å². The first-order valence-corrected chi connectivity index (χ1v) is 4.38. The molecule has 0 radical (unpaired) electrons. The zero-order chi connectivity index (χ0) is 9.26. The maximum absolute atomic E-state index is 4.18. The molecule has 0 bridgehead atoms. The smallest absolute Gasteiger partial charge is 0.192 e. The molecule has 13 heavy (non-hydrogen) atoms. The van der Waals surface area contributed by atoms with Gasteiger partial charge in [-0.3, -0.25) is 4.57 Å². The van der Waals surface area contributed by atoms with E-state index in [0.717, 1.165) is 5.69 Å². The minimum atomic E-state index is 0.601. The molecule has 0 unspecified atom stereocenters. The van der Waals surface area contributed by atoms with Crippen LogP contribution < -0.4 is 0 Å². The number of hydrogen-bond donors (Lipinski definition) is 1. The molecule has 0 N–H and O–H groups in total. The monoisotopic (exact) mass is 191 g/mol. The third kappa shape index (κ3) is 1.58. The molecule has 0 spiro atoms. The first kappa shape index (κ1) is 8.31. The lowest BCUT2D eigenvalue weighted by Crippen LogP contribution is -1.92. The summed E-state index contributed by atoms with van der Waals surface area (Å²) in [5.74, 6) is 0. The summed E-state index contributed by atoms with van der Waals surface area (Å²) < 4.78 is 1.82. The largest absolute Gasteiger partial charge is 0.277 e. The fourth-order valence-electron chi connectivity index (χ4n) is 1.12. The summed E-state index contributed by atoms with van der Waals surface area (Å²) in [6, 6.07) is 8.11. The fourth-order valence-corrected chi connectivity index (χ4v) is 1.34. The molecular weight excluding hydrogens is 182 g/mol. The Labute approximate surface area is 81.8 Å². The molecule has 0 aliphatic heterocycles. The van der Waals surface area contributed by atoms with E-state index in [1.807, 2.05) is 28.8 Å². The van der Waals surface area contributed by atoms with Crippen LogP contribution >= 0.6 is 12.6 Å². The molecule has 0 atom stereocenters. The van der Waals surface area contributed by atoms with E-state index in [4.69, 9.17) is 0 Å². The van der Waals surface area contributed by atoms with Gasteiger partial charge in [0.2, 0.25) is 0 Å². The highest BCUT2D eigenvalue weighted by atomic mass is 32.1. The third-order valence-electron chi connectivity index (χ3n) is 1.84. The Hall–Kier alpha value is -1.29. The van der Waals surface area contributed by atoms with E-state index in [2.05, 4.69) is 29.7 Å². The molecule has 1 aromatic heterocycles. The summed E-state index contributed by atoms with van der Waals surface area (Å²) in [6.45, 7) is 2.05. The standard InChI is InChI=1S/C9H9N3S/c1-7-2-4-8(5-3-7)12-6-10-11-9(12)13/h2-6H,1H3,(H,11,13). The van der Waals surface area contributed by atoms with Gasteiger partial charge in [0.05, 0.1) is 0 Å². The van der Waals surface area contributed by atoms with Crippen LogP contribution in [0, 0.1) is 6.92 Å². The van der Waals surface area contributed by atoms with E-state index < -0.39 is 0 Å². The van der Waals surface area contributed by atoms with E-state index in [-0.39, 0.29) is 0 Å². The summed E-state index contributed by atoms with van der Waals surface area (Å²) in [4.78, 5) is 0. The zero-order valence-electron chi connectivity index (χ0n) is 7.18. The molecule has 3 nitrogen and oxygen atoms in total. The second-order valence-electron chi connectivity index (χ2n) is 2.84. The Kier molecular flexibility index (Phi) is 2.06. The van der Waals surface area contributed by atoms with Crippen molar-refractivity contribution in [3.8, 4) is 5.69 Å². The van der Waals surface area contributed by atoms with Gasteiger partial charge in [-0.1, -0.05) is 17.7 Å². The highest BCUT2D eigenvalue weighted by Gasteiger charge is 2.00. The second-order valence-corrected chi connectivity index (χ2v) is 3.24. The molecule has 0 aliphatic rings. The number of aromatic nitrogens is 3. The normalized spacial score (nSPS) is 10.3. The molecule has 2 aromatic rings. The van der Waals surface area contributed by atoms with Crippen LogP contribution in [-0.4, -0.2) is 14.8 Å². The maximum atomic E-state index is 4.18. The highest BCUT2D eigenvalue weighted by Crippen LogP contribution is 2.12. The van der Waals surface area contributed by atoms with Gasteiger partial charge in [-0.25, -0.2) is 0 Å². The molecule has 66 valence electrons. The van der Waals surface area contributed by atoms with Gasteiger partial charge in [0.1, 0.15) is 6.33 Å². The van der Waals surface area contributed by atoms with Gasteiger partial charge >= 0.3 is 0 Å². The molecule has 0 aliphatic carbocycles. The summed E-state index contributed by atoms with van der Waals surface area (Å²) in [6.07, 6.45) is 1.65. The molecule has 0 saturated carbocycles. The second kappa shape index (κ2) is 3.22. The van der Waals surface area contributed by atoms with Crippen molar-refractivity contribution in [2.75, 3.05) is 0 Å². The molecule has 2 rings (SSSR count). The van der Waals surface area contributed by atoms with Crippen molar-refractivity contribution in [1.29, 1.82) is 0 Å². The predicted octanol–water partition coefficient (Wildman–Crippen LogP) is 1.86. The topological polar surface area (TPSA) is 30.7 Å². The molecule has 0 saturated heterocycles. The summed E-state index contributed by atoms with van der Waals surface area (Å²) in [5.41, 5.74) is 2.26. The first-order valence-electron chi connectivity index (χ1n) is 3.93. The van der Waals surface area contributed by atoms with Gasteiger partial charge in [-0.2, -0.15) is 0 Å². The summed E-state index contributed by atoms with van der Waals surface area (Å²) in [7, 11) is 0. The molecule has 0 fully saturated rings. The van der Waals surface area contributed by atoms with Gasteiger partial charge in [0.25, 0.3) is 0 Å². The van der Waals surface area contributed by atoms with Crippen molar-refractivity contribution in [2.45, 2.75) is 12.1 Å². The number of nitrogens with zero attached hydrogens (tertiary/aromatic N) is 3. The van der Waals surface area contributed by atoms with Crippen molar-refractivity contribution in [1.82, 2.24) is 14.8 Å². The van der Waals surface area contributed by atoms with Gasteiger partial charge < -0.3 is 0 Å². The third-order valence-corrected chi connectivity index (χ3v) is 2.15. The quantitative estimate of drug-likeness (QED) is 0.697. The fraction of sp³-hybridized carbons (Fsp3) is 0.111. The molecule has 1 aromatic carbocycles. The molecule has 1 heterocycles. The van der Waals surface area contributed by atoms with Crippen LogP contribution in [0.15, 0.2) is 35.7 Å². The van der Waals surface area contributed by atoms with Crippen LogP contribution in [0.2, 0.25) is 0 Å². The van der Waals surface area contributed by atoms with Crippen LogP contribution in [0.5, 0.6) is 0 Å². The molecule has 4 heteroatoms. The van der Waals surface area contributed by atoms with Crippen LogP contribution in [0.3, 0.4) is 0 Å². The number of thiol groups is 1. The Morgan fingerprint density at radius 3 is 2.46 bits per heavy atom. The number of rotatable bonds is 1. The SMILES string of the molecule is Cc1ccc(-n2cnnc2S)cc1. The van der Waals surface area contributed by atoms with Crippen LogP contribution in [-0.2, 0) is 0 Å². The summed E-state index contributed by atoms with van der Waals surface area (Å²) >= 11 is 4.18. The van der Waals surface area contributed by atoms with Crippen molar-refractivity contribution in [3.63, 3.8) is 0 Å². The summed E-state index contributed by atoms with van der Waals surface area (Å²) in [5, 5.41) is 8.15. The first-order chi connectivity index (χ1) is 6.27. The minimum absolute atomic E-state index is 0.601. The lowest BCUT2D eigenvalue weighted by atomic mass is 10.2. The van der Waals surface area contributed by atoms with Gasteiger partial charge in [0.15, 0.2) is 5.16 Å². The van der Waals surface area contributed by atoms with Gasteiger partial charge in [0, 0.05) is 5.69 Å². The maximum Gasteiger partial charge on any atom is 0.192 e. The van der Waals surface area contributed by atoms with E-state index in [1.54, 1.807) is 6.33 Å². The Morgan fingerprint density at radius 1 is 1.23 bits per heavy atom. The van der Waals surface area contributed by atoms with E-state index in [1.165, 1.54) is 5.56 Å². The van der Waals surface area contributed by atoms with Crippen LogP contribution in [0.1, 0.15) is 5.56 Å². The Morgan fingerprint density at radius 2 is 1.92 bits per heavy atom. The van der Waals surface area contributed by atoms with E-state index in [0.29, 0.717) is 5.16 Å².